The largest absolute Gasteiger partial charge is 0.373 e. The molecular weight excluding hydrogens is 243 g/mol. The number of hydrogen-bond acceptors (Lipinski definition) is 2. The third kappa shape index (κ3) is 2.88. The van der Waals surface area contributed by atoms with E-state index in [2.05, 4.69) is 5.32 Å². The first-order valence-electron chi connectivity index (χ1n) is 5.53. The van der Waals surface area contributed by atoms with E-state index in [1.807, 2.05) is 0 Å². The van der Waals surface area contributed by atoms with Gasteiger partial charge < -0.3 is 10.2 Å². The van der Waals surface area contributed by atoms with Gasteiger partial charge in [0, 0.05) is 13.1 Å². The number of carbonyl (C=O) groups is 1. The Balaban J connectivity index is 1.95. The molecule has 17 heavy (non-hydrogen) atoms. The van der Waals surface area contributed by atoms with E-state index in [9.17, 15) is 9.18 Å². The Morgan fingerprint density at radius 2 is 2.29 bits per heavy atom. The molecule has 5 heteroatoms. The number of nitrogens with zero attached hydrogens (tertiary/aromatic N) is 1. The zero-order valence-corrected chi connectivity index (χ0v) is 10.3. The number of carbonyl (C=O) groups excluding carboxylic acids is 1. The molecule has 2 rings (SSSR count). The maximum atomic E-state index is 13.4. The molecule has 1 fully saturated rings. The van der Waals surface area contributed by atoms with Crippen LogP contribution in [0.25, 0.3) is 0 Å². The number of rotatable bonds is 4. The van der Waals surface area contributed by atoms with Gasteiger partial charge in [-0.05, 0) is 25.0 Å². The summed E-state index contributed by atoms with van der Waals surface area (Å²) in [7, 11) is 1.77. The van der Waals surface area contributed by atoms with E-state index in [-0.39, 0.29) is 23.2 Å². The maximum Gasteiger partial charge on any atom is 0.241 e. The summed E-state index contributed by atoms with van der Waals surface area (Å²) < 4.78 is 13.4. The van der Waals surface area contributed by atoms with Gasteiger partial charge in [0.05, 0.1) is 17.3 Å². The minimum Gasteiger partial charge on any atom is -0.373 e. The van der Waals surface area contributed by atoms with Crippen molar-refractivity contribution in [1.29, 1.82) is 0 Å². The highest BCUT2D eigenvalue weighted by Gasteiger charge is 2.29. The van der Waals surface area contributed by atoms with Crippen molar-refractivity contribution >= 4 is 23.2 Å². The summed E-state index contributed by atoms with van der Waals surface area (Å²) in [6.07, 6.45) is 2.12. The van der Waals surface area contributed by atoms with E-state index in [1.54, 1.807) is 18.0 Å². The fraction of sp³-hybridized carbons (Fsp3) is 0.417. The maximum absolute atomic E-state index is 13.4. The van der Waals surface area contributed by atoms with E-state index < -0.39 is 5.82 Å². The molecule has 0 saturated heterocycles. The summed E-state index contributed by atoms with van der Waals surface area (Å²) in [5.41, 5.74) is 0.187. The predicted octanol–water partition coefficient (Wildman–Crippen LogP) is 2.51. The minimum atomic E-state index is -0.445. The third-order valence-corrected chi connectivity index (χ3v) is 3.18. The minimum absolute atomic E-state index is 0.0492. The highest BCUT2D eigenvalue weighted by Crippen LogP contribution is 2.26. The molecule has 0 radical (unpaired) electrons. The Hall–Kier alpha value is -1.29. The number of amides is 1. The van der Waals surface area contributed by atoms with E-state index >= 15 is 0 Å². The van der Waals surface area contributed by atoms with E-state index in [4.69, 9.17) is 11.6 Å². The molecular formula is C12H14ClFN2O. The van der Waals surface area contributed by atoms with Gasteiger partial charge in [0.2, 0.25) is 5.91 Å². The number of hydrogen-bond donors (Lipinski definition) is 1. The molecule has 3 nitrogen and oxygen atoms in total. The molecule has 1 aromatic rings. The Labute approximate surface area is 105 Å². The lowest BCUT2D eigenvalue weighted by atomic mass is 10.3. The van der Waals surface area contributed by atoms with Gasteiger partial charge in [0.25, 0.3) is 0 Å². The van der Waals surface area contributed by atoms with Crippen molar-refractivity contribution in [2.24, 2.45) is 0 Å². The molecule has 1 aliphatic carbocycles. The van der Waals surface area contributed by atoms with Gasteiger partial charge in [-0.25, -0.2) is 4.39 Å². The summed E-state index contributed by atoms with van der Waals surface area (Å²) in [5.74, 6) is -0.494. The number of likely N-dealkylation sites (N-methyl/N-ethyl adjacent to an activating group) is 1. The number of benzene rings is 1. The second-order valence-electron chi connectivity index (χ2n) is 4.19. The Morgan fingerprint density at radius 3 is 2.88 bits per heavy atom. The lowest BCUT2D eigenvalue weighted by Gasteiger charge is -2.17. The molecule has 1 N–H and O–H groups in total. The Morgan fingerprint density at radius 1 is 1.59 bits per heavy atom. The van der Waals surface area contributed by atoms with Crippen LogP contribution in [0.15, 0.2) is 18.2 Å². The fourth-order valence-electron chi connectivity index (χ4n) is 1.62. The molecule has 0 atom stereocenters. The van der Waals surface area contributed by atoms with Gasteiger partial charge in [-0.2, -0.15) is 0 Å². The molecule has 0 heterocycles. The first kappa shape index (κ1) is 12.2. The van der Waals surface area contributed by atoms with Crippen molar-refractivity contribution in [1.82, 2.24) is 4.90 Å². The van der Waals surface area contributed by atoms with Gasteiger partial charge in [0.15, 0.2) is 0 Å². The summed E-state index contributed by atoms with van der Waals surface area (Å²) >= 11 is 5.84. The molecule has 1 aromatic carbocycles. The summed E-state index contributed by atoms with van der Waals surface area (Å²) in [4.78, 5) is 13.4. The molecule has 1 amide bonds. The van der Waals surface area contributed by atoms with Gasteiger partial charge in [0.1, 0.15) is 5.82 Å². The van der Waals surface area contributed by atoms with Crippen LogP contribution in [0, 0.1) is 5.82 Å². The van der Waals surface area contributed by atoms with Crippen LogP contribution in [0.4, 0.5) is 10.1 Å². The van der Waals surface area contributed by atoms with Gasteiger partial charge in [-0.3, -0.25) is 4.79 Å². The topological polar surface area (TPSA) is 32.3 Å². The second kappa shape index (κ2) is 4.92. The highest BCUT2D eigenvalue weighted by molar-refractivity contribution is 6.33. The van der Waals surface area contributed by atoms with Crippen LogP contribution in [0.1, 0.15) is 12.8 Å². The molecule has 1 aliphatic rings. The molecule has 92 valence electrons. The average Bonchev–Trinajstić information content (AvgIpc) is 3.11. The molecule has 1 saturated carbocycles. The molecule has 0 aromatic heterocycles. The lowest BCUT2D eigenvalue weighted by molar-refractivity contribution is -0.128. The summed E-state index contributed by atoms with van der Waals surface area (Å²) in [6, 6.07) is 4.78. The average molecular weight is 257 g/mol. The SMILES string of the molecule is CN(C(=O)CNc1c(F)cccc1Cl)C1CC1. The number of nitrogens with one attached hydrogen (secondary N) is 1. The standard InChI is InChI=1S/C12H14ClFN2O/c1-16(8-5-6-8)11(17)7-15-12-9(13)3-2-4-10(12)14/h2-4,8,15H,5-7H2,1H3. The molecule has 0 bridgehead atoms. The van der Waals surface area contributed by atoms with Crippen molar-refractivity contribution in [3.05, 3.63) is 29.0 Å². The quantitative estimate of drug-likeness (QED) is 0.898. The van der Waals surface area contributed by atoms with E-state index in [0.717, 1.165) is 12.8 Å². The van der Waals surface area contributed by atoms with Gasteiger partial charge in [-0.1, -0.05) is 17.7 Å². The number of halogens is 2. The monoisotopic (exact) mass is 256 g/mol. The van der Waals surface area contributed by atoms with Gasteiger partial charge in [-0.15, -0.1) is 0 Å². The first-order valence-corrected chi connectivity index (χ1v) is 5.91. The lowest BCUT2D eigenvalue weighted by Crippen LogP contribution is -2.33. The smallest absolute Gasteiger partial charge is 0.241 e. The van der Waals surface area contributed by atoms with Crippen molar-refractivity contribution in [3.8, 4) is 0 Å². The van der Waals surface area contributed by atoms with Crippen LogP contribution in [0.2, 0.25) is 5.02 Å². The highest BCUT2D eigenvalue weighted by atomic mass is 35.5. The van der Waals surface area contributed by atoms with E-state index in [0.29, 0.717) is 6.04 Å². The van der Waals surface area contributed by atoms with Crippen molar-refractivity contribution in [2.45, 2.75) is 18.9 Å². The Bertz CT molecular complexity index is 414. The van der Waals surface area contributed by atoms with Crippen LogP contribution in [-0.2, 0) is 4.79 Å². The van der Waals surface area contributed by atoms with Crippen molar-refractivity contribution < 1.29 is 9.18 Å². The second-order valence-corrected chi connectivity index (χ2v) is 4.59. The van der Waals surface area contributed by atoms with Crippen LogP contribution in [0.5, 0.6) is 0 Å². The predicted molar refractivity (Wildman–Crippen MR) is 65.7 cm³/mol. The molecule has 0 spiro atoms. The normalized spacial score (nSPS) is 14.5. The van der Waals surface area contributed by atoms with Crippen LogP contribution >= 0.6 is 11.6 Å². The zero-order valence-electron chi connectivity index (χ0n) is 9.54. The van der Waals surface area contributed by atoms with Crippen LogP contribution < -0.4 is 5.32 Å². The Kier molecular flexibility index (Phi) is 3.52. The third-order valence-electron chi connectivity index (χ3n) is 2.87. The summed E-state index contributed by atoms with van der Waals surface area (Å²) in [5, 5.41) is 3.03. The zero-order chi connectivity index (χ0) is 12.4. The van der Waals surface area contributed by atoms with Crippen molar-refractivity contribution in [2.75, 3.05) is 18.9 Å². The molecule has 0 unspecified atom stereocenters. The van der Waals surface area contributed by atoms with Gasteiger partial charge >= 0.3 is 0 Å². The molecule has 0 aliphatic heterocycles. The van der Waals surface area contributed by atoms with E-state index in [1.165, 1.54) is 12.1 Å². The fourth-order valence-corrected chi connectivity index (χ4v) is 1.85. The van der Waals surface area contributed by atoms with Crippen LogP contribution in [0.3, 0.4) is 0 Å². The van der Waals surface area contributed by atoms with Crippen molar-refractivity contribution in [3.63, 3.8) is 0 Å². The number of anilines is 1. The summed E-state index contributed by atoms with van der Waals surface area (Å²) in [6.45, 7) is 0.0631. The number of para-hydroxylation sites is 1. The first-order chi connectivity index (χ1) is 8.09. The van der Waals surface area contributed by atoms with Crippen LogP contribution in [-0.4, -0.2) is 30.4 Å².